The van der Waals surface area contributed by atoms with Gasteiger partial charge in [0.1, 0.15) is 11.6 Å². The minimum Gasteiger partial charge on any atom is -0.358 e. The Hall–Kier alpha value is -1.79. The number of benzene rings is 2. The Labute approximate surface area is 249 Å². The van der Waals surface area contributed by atoms with Crippen molar-refractivity contribution in [2.75, 3.05) is 0 Å². The molecule has 2 atom stereocenters. The number of halogens is 4. The Morgan fingerprint density at radius 2 is 0.949 bits per heavy atom. The Bertz CT molecular complexity index is 956. The maximum Gasteiger partial charge on any atom is 4.00 e. The molecule has 0 radical (unpaired) electrons. The zero-order valence-electron chi connectivity index (χ0n) is 25.1. The van der Waals surface area contributed by atoms with E-state index in [9.17, 15) is 27.2 Å². The Morgan fingerprint density at radius 1 is 0.667 bits per heavy atom. The molecule has 0 amide bonds. The molecule has 0 bridgehead atoms. The van der Waals surface area contributed by atoms with Crippen LogP contribution in [0.5, 0.6) is 0 Å². The first-order valence-electron chi connectivity index (χ1n) is 12.2. The fourth-order valence-corrected chi connectivity index (χ4v) is 4.41. The zero-order valence-corrected chi connectivity index (χ0v) is 26.7. The second-order valence-electron chi connectivity index (χ2n) is 12.1. The van der Waals surface area contributed by atoms with Gasteiger partial charge in [-0.3, -0.25) is 0 Å². The second kappa shape index (κ2) is 17.8. The molecule has 2 aromatic carbocycles. The maximum atomic E-state index is 13.4. The first kappa shape index (κ1) is 41.7. The van der Waals surface area contributed by atoms with E-state index in [1.807, 2.05) is 26.0 Å². The smallest absolute Gasteiger partial charge is 0.358 e. The first-order valence-corrected chi connectivity index (χ1v) is 12.2. The van der Waals surface area contributed by atoms with Gasteiger partial charge in [-0.1, -0.05) is 66.5 Å². The third kappa shape index (κ3) is 16.8. The summed E-state index contributed by atoms with van der Waals surface area (Å²) in [7, 11) is 0. The van der Waals surface area contributed by atoms with Crippen molar-refractivity contribution in [1.29, 1.82) is 0 Å². The molecule has 0 aliphatic rings. The van der Waals surface area contributed by atoms with Crippen LogP contribution in [0, 0.1) is 72.9 Å². The van der Waals surface area contributed by atoms with Crippen molar-refractivity contribution in [3.8, 4) is 0 Å². The number of carbonyl (C=O) groups excluding carboxylic acids is 2. The fourth-order valence-electron chi connectivity index (χ4n) is 4.41. The molecule has 0 spiro atoms. The molecular weight excluding hydrogens is 540 g/mol. The van der Waals surface area contributed by atoms with E-state index in [0.717, 1.165) is 25.0 Å². The van der Waals surface area contributed by atoms with Gasteiger partial charge < -0.3 is 24.4 Å². The van der Waals surface area contributed by atoms with Crippen LogP contribution >= 0.6 is 0 Å². The molecule has 0 aliphatic carbocycles. The van der Waals surface area contributed by atoms with E-state index in [1.165, 1.54) is 12.1 Å². The van der Waals surface area contributed by atoms with Crippen LogP contribution < -0.4 is 0 Å². The molecule has 2 nitrogen and oxygen atoms in total. The summed E-state index contributed by atoms with van der Waals surface area (Å²) in [5.41, 5.74) is 0.120. The summed E-state index contributed by atoms with van der Waals surface area (Å²) in [6.45, 7) is 16.5. The molecule has 0 aliphatic heterocycles. The summed E-state index contributed by atoms with van der Waals surface area (Å²) in [5, 5.41) is 0. The standard InChI is InChI=1S/2C15H19F2O.2CH3.Ti/c2*1-10(9-15(2,3)4)7-14(18)12-6-5-11(16)8-13(12)17;;;/h2*5-6,10H,7,9H2,1-4H3;2*1H3;/q4*-1;+4. The molecular formula is C32H44F4O2Ti. The van der Waals surface area contributed by atoms with Gasteiger partial charge in [-0.2, -0.15) is 12.1 Å². The molecule has 0 heterocycles. The second-order valence-corrected chi connectivity index (χ2v) is 12.1. The minimum absolute atomic E-state index is 0. The van der Waals surface area contributed by atoms with Crippen molar-refractivity contribution in [1.82, 2.24) is 0 Å². The van der Waals surface area contributed by atoms with Gasteiger partial charge in [0.25, 0.3) is 0 Å². The number of hydrogen-bond acceptors (Lipinski definition) is 2. The molecule has 0 saturated heterocycles. The normalized spacial score (nSPS) is 12.4. The van der Waals surface area contributed by atoms with Crippen molar-refractivity contribution >= 4 is 11.6 Å². The quantitative estimate of drug-likeness (QED) is 0.134. The Balaban J connectivity index is -0.000000617. The van der Waals surface area contributed by atoms with Crippen LogP contribution in [0.2, 0.25) is 0 Å². The SMILES string of the molecule is CC(CC(=O)c1ccc(F)[c-]c1F)CC(C)(C)C.CC(CC(=O)c1ccc(F)[c-]c1F)CC(C)(C)C.[CH3-].[CH3-].[Ti+4]. The summed E-state index contributed by atoms with van der Waals surface area (Å²) in [5.74, 6) is -3.62. The van der Waals surface area contributed by atoms with Gasteiger partial charge in [-0.05, 0) is 35.5 Å². The molecule has 0 N–H and O–H groups in total. The molecule has 0 aromatic heterocycles. The van der Waals surface area contributed by atoms with Crippen molar-refractivity contribution in [3.05, 3.63) is 85.6 Å². The molecule has 2 rings (SSSR count). The van der Waals surface area contributed by atoms with Gasteiger partial charge in [-0.15, -0.1) is 24.3 Å². The van der Waals surface area contributed by atoms with Crippen molar-refractivity contribution < 1.29 is 48.9 Å². The minimum atomic E-state index is -0.900. The van der Waals surface area contributed by atoms with Crippen molar-refractivity contribution in [2.45, 2.75) is 81.1 Å². The van der Waals surface area contributed by atoms with E-state index < -0.39 is 23.3 Å². The average molecular weight is 585 g/mol. The molecule has 2 unspecified atom stereocenters. The number of hydrogen-bond donors (Lipinski definition) is 0. The predicted molar refractivity (Wildman–Crippen MR) is 148 cm³/mol. The monoisotopic (exact) mass is 584 g/mol. The van der Waals surface area contributed by atoms with E-state index in [0.29, 0.717) is 0 Å². The van der Waals surface area contributed by atoms with Crippen LogP contribution in [0.1, 0.15) is 102 Å². The maximum absolute atomic E-state index is 13.4. The van der Waals surface area contributed by atoms with Gasteiger partial charge >= 0.3 is 21.7 Å². The summed E-state index contributed by atoms with van der Waals surface area (Å²) in [4.78, 5) is 23.8. The van der Waals surface area contributed by atoms with Crippen molar-refractivity contribution in [3.63, 3.8) is 0 Å². The number of Topliss-reactive ketones (excluding diaryl/α,β-unsaturated/α-hetero) is 2. The van der Waals surface area contributed by atoms with Crippen LogP contribution in [0.15, 0.2) is 24.3 Å². The summed E-state index contributed by atoms with van der Waals surface area (Å²) in [6, 6.07) is 8.27. The molecule has 7 heteroatoms. The van der Waals surface area contributed by atoms with Gasteiger partial charge in [0.2, 0.25) is 0 Å². The summed E-state index contributed by atoms with van der Waals surface area (Å²) in [6.07, 6.45) is 2.30. The topological polar surface area (TPSA) is 34.1 Å². The van der Waals surface area contributed by atoms with Gasteiger partial charge in [-0.25, -0.2) is 17.6 Å². The number of ketones is 2. The number of carbonyl (C=O) groups is 2. The third-order valence-electron chi connectivity index (χ3n) is 5.31. The van der Waals surface area contributed by atoms with E-state index >= 15 is 0 Å². The molecule has 2 aromatic rings. The van der Waals surface area contributed by atoms with Crippen LogP contribution in [-0.2, 0) is 21.7 Å². The van der Waals surface area contributed by atoms with Crippen LogP contribution in [0.3, 0.4) is 0 Å². The van der Waals surface area contributed by atoms with Crippen LogP contribution in [0.25, 0.3) is 0 Å². The number of rotatable bonds is 8. The predicted octanol–water partition coefficient (Wildman–Crippen LogP) is 9.72. The van der Waals surface area contributed by atoms with E-state index in [1.54, 1.807) is 0 Å². The zero-order chi connectivity index (χ0) is 27.8. The van der Waals surface area contributed by atoms with Crippen LogP contribution in [0.4, 0.5) is 17.6 Å². The van der Waals surface area contributed by atoms with Gasteiger partial charge in [0.15, 0.2) is 0 Å². The van der Waals surface area contributed by atoms with E-state index in [2.05, 4.69) is 41.5 Å². The third-order valence-corrected chi connectivity index (χ3v) is 5.31. The molecule has 39 heavy (non-hydrogen) atoms. The van der Waals surface area contributed by atoms with Gasteiger partial charge in [0.05, 0.1) is 0 Å². The molecule has 0 fully saturated rings. The van der Waals surface area contributed by atoms with E-state index in [-0.39, 0.29) is 94.8 Å². The van der Waals surface area contributed by atoms with Gasteiger partial charge in [0, 0.05) is 36.1 Å². The largest absolute Gasteiger partial charge is 4.00 e. The van der Waals surface area contributed by atoms with Crippen LogP contribution in [-0.4, -0.2) is 11.6 Å². The molecule has 0 saturated carbocycles. The average Bonchev–Trinajstić information content (AvgIpc) is 2.64. The first-order chi connectivity index (χ1) is 16.4. The van der Waals surface area contributed by atoms with Crippen molar-refractivity contribution in [2.24, 2.45) is 22.7 Å². The Kier molecular flexibility index (Phi) is 19.0. The fraction of sp³-hybridized carbons (Fsp3) is 0.500. The summed E-state index contributed by atoms with van der Waals surface area (Å²) < 4.78 is 52.1. The van der Waals surface area contributed by atoms with E-state index in [4.69, 9.17) is 0 Å². The Morgan fingerprint density at radius 3 is 1.18 bits per heavy atom. The molecule has 216 valence electrons. The summed E-state index contributed by atoms with van der Waals surface area (Å²) >= 11 is 0.